The number of hydrogen-bond donors (Lipinski definition) is 0. The fourth-order valence-electron chi connectivity index (χ4n) is 3.40. The van der Waals surface area contributed by atoms with E-state index in [0.29, 0.717) is 32.0 Å². The molecule has 26 heavy (non-hydrogen) atoms. The molecule has 0 saturated carbocycles. The van der Waals surface area contributed by atoms with Gasteiger partial charge in [0.2, 0.25) is 0 Å². The molecule has 2 aliphatic heterocycles. The van der Waals surface area contributed by atoms with Crippen molar-refractivity contribution in [3.05, 3.63) is 48.8 Å². The molecule has 8 heteroatoms. The maximum atomic E-state index is 12.4. The van der Waals surface area contributed by atoms with E-state index in [0.717, 1.165) is 18.8 Å². The zero-order chi connectivity index (χ0) is 17.8. The van der Waals surface area contributed by atoms with Gasteiger partial charge >= 0.3 is 0 Å². The second kappa shape index (κ2) is 7.45. The van der Waals surface area contributed by atoms with Gasteiger partial charge in [-0.1, -0.05) is 6.07 Å². The van der Waals surface area contributed by atoms with Gasteiger partial charge in [-0.25, -0.2) is 9.97 Å². The molecule has 0 aliphatic carbocycles. The minimum atomic E-state index is -0.574. The summed E-state index contributed by atoms with van der Waals surface area (Å²) in [7, 11) is 0. The van der Waals surface area contributed by atoms with E-state index in [1.54, 1.807) is 23.5 Å². The molecule has 2 aromatic rings. The smallest absolute Gasteiger partial charge is 0.253 e. The number of ether oxygens (including phenoxy) is 2. The quantitative estimate of drug-likeness (QED) is 0.793. The van der Waals surface area contributed by atoms with Gasteiger partial charge in [0.25, 0.3) is 5.91 Å². The lowest BCUT2D eigenvalue weighted by molar-refractivity contribution is -0.146. The standard InChI is InChI=1S/C18H21N5O3/c24-17-10-26-18(12-23(17)16-7-19-14-20-8-16)11-22(5-6-25-13-18)9-15-3-1-2-4-21-15/h1-4,7-8,14H,5-6,9-13H2. The number of carbonyl (C=O) groups excluding carboxylic acids is 1. The van der Waals surface area contributed by atoms with Gasteiger partial charge < -0.3 is 14.4 Å². The van der Waals surface area contributed by atoms with Crippen molar-refractivity contribution in [1.82, 2.24) is 19.9 Å². The van der Waals surface area contributed by atoms with Crippen LogP contribution in [0.4, 0.5) is 5.69 Å². The van der Waals surface area contributed by atoms with Crippen LogP contribution >= 0.6 is 0 Å². The molecule has 0 radical (unpaired) electrons. The Kier molecular flexibility index (Phi) is 4.87. The Bertz CT molecular complexity index is 745. The summed E-state index contributed by atoms with van der Waals surface area (Å²) >= 11 is 0. The van der Waals surface area contributed by atoms with Crippen LogP contribution in [-0.4, -0.2) is 70.8 Å². The summed E-state index contributed by atoms with van der Waals surface area (Å²) in [4.78, 5) is 28.8. The maximum absolute atomic E-state index is 12.4. The van der Waals surface area contributed by atoms with Gasteiger partial charge in [0.1, 0.15) is 18.5 Å². The van der Waals surface area contributed by atoms with Gasteiger partial charge in [0, 0.05) is 25.8 Å². The molecule has 0 aromatic carbocycles. The van der Waals surface area contributed by atoms with Crippen molar-refractivity contribution >= 4 is 11.6 Å². The van der Waals surface area contributed by atoms with Crippen LogP contribution in [0.15, 0.2) is 43.1 Å². The highest BCUT2D eigenvalue weighted by molar-refractivity contribution is 5.94. The van der Waals surface area contributed by atoms with Crippen molar-refractivity contribution in [2.24, 2.45) is 0 Å². The first-order chi connectivity index (χ1) is 12.7. The topological polar surface area (TPSA) is 80.7 Å². The Morgan fingerprint density at radius 1 is 1.19 bits per heavy atom. The molecule has 136 valence electrons. The molecule has 1 amide bonds. The number of nitrogens with zero attached hydrogens (tertiary/aromatic N) is 5. The lowest BCUT2D eigenvalue weighted by atomic mass is 10.0. The van der Waals surface area contributed by atoms with Crippen LogP contribution in [-0.2, 0) is 20.8 Å². The number of hydrogen-bond acceptors (Lipinski definition) is 7. The van der Waals surface area contributed by atoms with Gasteiger partial charge in [-0.15, -0.1) is 0 Å². The molecule has 2 aliphatic rings. The molecule has 2 fully saturated rings. The fraction of sp³-hybridized carbons (Fsp3) is 0.444. The lowest BCUT2D eigenvalue weighted by Gasteiger charge is -2.42. The van der Waals surface area contributed by atoms with Crippen LogP contribution < -0.4 is 4.90 Å². The predicted molar refractivity (Wildman–Crippen MR) is 93.4 cm³/mol. The number of anilines is 1. The van der Waals surface area contributed by atoms with E-state index in [-0.39, 0.29) is 12.5 Å². The third kappa shape index (κ3) is 3.72. The van der Waals surface area contributed by atoms with Crippen LogP contribution in [0.25, 0.3) is 0 Å². The second-order valence-electron chi connectivity index (χ2n) is 6.63. The SMILES string of the molecule is O=C1COC2(COCCN(Cc3ccccn3)C2)CN1c1cncnc1. The van der Waals surface area contributed by atoms with E-state index >= 15 is 0 Å². The average molecular weight is 355 g/mol. The highest BCUT2D eigenvalue weighted by Crippen LogP contribution is 2.27. The fourth-order valence-corrected chi connectivity index (χ4v) is 3.40. The minimum absolute atomic E-state index is 0.0235. The van der Waals surface area contributed by atoms with Gasteiger partial charge in [-0.05, 0) is 12.1 Å². The Balaban J connectivity index is 1.53. The number of rotatable bonds is 3. The maximum Gasteiger partial charge on any atom is 0.253 e. The summed E-state index contributed by atoms with van der Waals surface area (Å²) < 4.78 is 11.8. The number of morpholine rings is 1. The third-order valence-corrected chi connectivity index (χ3v) is 4.65. The summed E-state index contributed by atoms with van der Waals surface area (Å²) in [5.41, 5.74) is 1.11. The minimum Gasteiger partial charge on any atom is -0.377 e. The molecule has 8 nitrogen and oxygen atoms in total. The Morgan fingerprint density at radius 2 is 2.08 bits per heavy atom. The van der Waals surface area contributed by atoms with Gasteiger partial charge in [-0.2, -0.15) is 0 Å². The largest absolute Gasteiger partial charge is 0.377 e. The molecule has 4 rings (SSSR count). The van der Waals surface area contributed by atoms with Crippen LogP contribution in [0.1, 0.15) is 5.69 Å². The molecule has 2 aromatic heterocycles. The number of pyridine rings is 1. The van der Waals surface area contributed by atoms with Crippen LogP contribution in [0.3, 0.4) is 0 Å². The van der Waals surface area contributed by atoms with E-state index in [4.69, 9.17) is 9.47 Å². The molecule has 0 bridgehead atoms. The Hall–Kier alpha value is -2.42. The van der Waals surface area contributed by atoms with E-state index in [2.05, 4.69) is 19.9 Å². The van der Waals surface area contributed by atoms with Crippen molar-refractivity contribution in [3.8, 4) is 0 Å². The van der Waals surface area contributed by atoms with E-state index in [1.165, 1.54) is 6.33 Å². The van der Waals surface area contributed by atoms with E-state index < -0.39 is 5.60 Å². The molecule has 0 N–H and O–H groups in total. The van der Waals surface area contributed by atoms with Gasteiger partial charge in [0.15, 0.2) is 0 Å². The molecule has 2 saturated heterocycles. The van der Waals surface area contributed by atoms with Crippen molar-refractivity contribution < 1.29 is 14.3 Å². The lowest BCUT2D eigenvalue weighted by Crippen LogP contribution is -2.60. The van der Waals surface area contributed by atoms with Gasteiger partial charge in [-0.3, -0.25) is 14.7 Å². The van der Waals surface area contributed by atoms with Crippen molar-refractivity contribution in [3.63, 3.8) is 0 Å². The number of carbonyl (C=O) groups is 1. The summed E-state index contributed by atoms with van der Waals surface area (Å²) in [6.07, 6.45) is 6.54. The van der Waals surface area contributed by atoms with Crippen molar-refractivity contribution in [1.29, 1.82) is 0 Å². The average Bonchev–Trinajstić information content (AvgIpc) is 2.88. The third-order valence-electron chi connectivity index (χ3n) is 4.65. The first-order valence-corrected chi connectivity index (χ1v) is 8.63. The molecule has 4 heterocycles. The summed E-state index contributed by atoms with van der Waals surface area (Å²) in [5.74, 6) is -0.0917. The Labute approximate surface area is 151 Å². The van der Waals surface area contributed by atoms with Crippen molar-refractivity contribution in [2.75, 3.05) is 44.4 Å². The summed E-state index contributed by atoms with van der Waals surface area (Å²) in [6.45, 7) is 3.69. The zero-order valence-corrected chi connectivity index (χ0v) is 14.5. The molecule has 1 atom stereocenters. The number of amides is 1. The summed E-state index contributed by atoms with van der Waals surface area (Å²) in [6, 6.07) is 5.91. The highest BCUT2D eigenvalue weighted by atomic mass is 16.6. The molecular weight excluding hydrogens is 334 g/mol. The monoisotopic (exact) mass is 355 g/mol. The molecular formula is C18H21N5O3. The van der Waals surface area contributed by atoms with Crippen molar-refractivity contribution in [2.45, 2.75) is 12.1 Å². The second-order valence-corrected chi connectivity index (χ2v) is 6.63. The summed E-state index contributed by atoms with van der Waals surface area (Å²) in [5, 5.41) is 0. The van der Waals surface area contributed by atoms with Crippen LogP contribution in [0.5, 0.6) is 0 Å². The molecule has 1 spiro atoms. The van der Waals surface area contributed by atoms with E-state index in [1.807, 2.05) is 18.2 Å². The molecule has 1 unspecified atom stereocenters. The highest BCUT2D eigenvalue weighted by Gasteiger charge is 2.43. The van der Waals surface area contributed by atoms with Crippen LogP contribution in [0, 0.1) is 0 Å². The zero-order valence-electron chi connectivity index (χ0n) is 14.5. The van der Waals surface area contributed by atoms with E-state index in [9.17, 15) is 4.79 Å². The number of aromatic nitrogens is 3. The normalized spacial score (nSPS) is 24.6. The van der Waals surface area contributed by atoms with Gasteiger partial charge in [0.05, 0.1) is 43.5 Å². The first-order valence-electron chi connectivity index (χ1n) is 8.63. The Morgan fingerprint density at radius 3 is 2.88 bits per heavy atom. The van der Waals surface area contributed by atoms with Crippen LogP contribution in [0.2, 0.25) is 0 Å². The first kappa shape index (κ1) is 17.0. The predicted octanol–water partition coefficient (Wildman–Crippen LogP) is 0.506.